The third kappa shape index (κ3) is 6.78. The second kappa shape index (κ2) is 15.8. The van der Waals surface area contributed by atoms with E-state index in [9.17, 15) is 0 Å². The normalized spacial score (nSPS) is 13.3. The van der Waals surface area contributed by atoms with Gasteiger partial charge in [-0.05, 0) is 114 Å². The Hall–Kier alpha value is -7.74. The van der Waals surface area contributed by atoms with Gasteiger partial charge in [0.1, 0.15) is 11.2 Å². The number of furan rings is 1. The Morgan fingerprint density at radius 1 is 0.354 bits per heavy atom. The van der Waals surface area contributed by atoms with Crippen molar-refractivity contribution in [1.29, 1.82) is 0 Å². The molecular formula is C64H48O. The Morgan fingerprint density at radius 3 is 1.62 bits per heavy atom. The zero-order valence-corrected chi connectivity index (χ0v) is 36.8. The van der Waals surface area contributed by atoms with E-state index in [-0.39, 0.29) is 11.3 Å². The second-order valence-corrected chi connectivity index (χ2v) is 18.3. The predicted molar refractivity (Wildman–Crippen MR) is 274 cm³/mol. The summed E-state index contributed by atoms with van der Waals surface area (Å²) in [6.07, 6.45) is 1.94. The van der Waals surface area contributed by atoms with E-state index >= 15 is 0 Å². The van der Waals surface area contributed by atoms with E-state index in [0.29, 0.717) is 0 Å². The standard InChI is InChI=1S/C64H48O/c1-64(2)60-25-15-14-23-53(60)54-37-35-49(40-61(54)64)51(47-33-31-45(32-34-47)43-16-6-3-7-17-43)36-28-42-26-29-48(30-27-42)57-38-50(44-18-8-4-9-19-44)39-58-59-41-56(46-20-10-5-11-21-46)52-22-12-13-24-55(52)62(59)65-63(57)58/h3-27,29-35,37-41,51H,28,36H2,1-2H3. The largest absolute Gasteiger partial charge is 0.455 e. The molecule has 0 aliphatic heterocycles. The van der Waals surface area contributed by atoms with E-state index in [1.54, 1.807) is 0 Å². The van der Waals surface area contributed by atoms with Gasteiger partial charge in [0.25, 0.3) is 0 Å². The molecule has 1 heterocycles. The Labute approximate surface area is 381 Å². The number of fused-ring (bicyclic) bond motifs is 8. The first kappa shape index (κ1) is 38.9. The highest BCUT2D eigenvalue weighted by Gasteiger charge is 2.35. The summed E-state index contributed by atoms with van der Waals surface area (Å²) < 4.78 is 7.04. The number of hydrogen-bond acceptors (Lipinski definition) is 1. The van der Waals surface area contributed by atoms with Crippen molar-refractivity contribution in [3.8, 4) is 55.6 Å². The summed E-state index contributed by atoms with van der Waals surface area (Å²) in [5, 5.41) is 4.59. The minimum absolute atomic E-state index is 0.0557. The molecule has 1 unspecified atom stereocenters. The van der Waals surface area contributed by atoms with Gasteiger partial charge < -0.3 is 4.42 Å². The molecule has 0 saturated heterocycles. The highest BCUT2D eigenvalue weighted by atomic mass is 16.3. The molecule has 1 aliphatic carbocycles. The average molecular weight is 833 g/mol. The quantitative estimate of drug-likeness (QED) is 0.141. The van der Waals surface area contributed by atoms with E-state index < -0.39 is 0 Å². The van der Waals surface area contributed by atoms with Gasteiger partial charge in [0, 0.05) is 33.1 Å². The van der Waals surface area contributed by atoms with Crippen LogP contribution in [0, 0.1) is 0 Å². The van der Waals surface area contributed by atoms with Crippen molar-refractivity contribution in [3.63, 3.8) is 0 Å². The third-order valence-electron chi connectivity index (χ3n) is 14.2. The van der Waals surface area contributed by atoms with Gasteiger partial charge in [0.05, 0.1) is 0 Å². The molecule has 0 fully saturated rings. The van der Waals surface area contributed by atoms with Gasteiger partial charge in [-0.2, -0.15) is 0 Å². The fraction of sp³-hybridized carbons (Fsp3) is 0.0938. The minimum atomic E-state index is -0.0557. The smallest absolute Gasteiger partial charge is 0.143 e. The first-order chi connectivity index (χ1) is 32.0. The van der Waals surface area contributed by atoms with Crippen LogP contribution in [0.2, 0.25) is 0 Å². The fourth-order valence-corrected chi connectivity index (χ4v) is 10.7. The molecule has 1 aliphatic rings. The molecule has 1 heteroatoms. The van der Waals surface area contributed by atoms with Crippen molar-refractivity contribution >= 4 is 32.7 Å². The van der Waals surface area contributed by atoms with Crippen molar-refractivity contribution in [2.45, 2.75) is 38.0 Å². The number of hydrogen-bond donors (Lipinski definition) is 0. The zero-order chi connectivity index (χ0) is 43.5. The molecule has 11 aromatic rings. The van der Waals surface area contributed by atoms with Gasteiger partial charge in [-0.3, -0.25) is 0 Å². The lowest BCUT2D eigenvalue weighted by Crippen LogP contribution is -2.15. The lowest BCUT2D eigenvalue weighted by molar-refractivity contribution is 0.654. The van der Waals surface area contributed by atoms with Crippen LogP contribution in [0.3, 0.4) is 0 Å². The van der Waals surface area contributed by atoms with E-state index in [1.807, 2.05) is 0 Å². The highest BCUT2D eigenvalue weighted by Crippen LogP contribution is 2.50. The number of rotatable bonds is 9. The van der Waals surface area contributed by atoms with Crippen LogP contribution in [0.1, 0.15) is 54.0 Å². The molecule has 0 saturated carbocycles. The number of aryl methyl sites for hydroxylation is 1. The molecule has 1 atom stereocenters. The third-order valence-corrected chi connectivity index (χ3v) is 14.2. The van der Waals surface area contributed by atoms with Crippen LogP contribution in [0.4, 0.5) is 0 Å². The molecule has 10 aromatic carbocycles. The summed E-state index contributed by atoms with van der Waals surface area (Å²) in [4.78, 5) is 0. The van der Waals surface area contributed by atoms with Crippen LogP contribution in [0.5, 0.6) is 0 Å². The van der Waals surface area contributed by atoms with E-state index in [4.69, 9.17) is 4.42 Å². The van der Waals surface area contributed by atoms with Gasteiger partial charge in [-0.1, -0.05) is 220 Å². The molecule has 0 radical (unpaired) electrons. The summed E-state index contributed by atoms with van der Waals surface area (Å²) >= 11 is 0. The van der Waals surface area contributed by atoms with Crippen LogP contribution in [-0.4, -0.2) is 0 Å². The molecule has 12 rings (SSSR count). The SMILES string of the molecule is CC1(C)c2ccccc2-c2ccc(C(CCc3ccc(-c4cc(-c5ccccc5)cc5c4oc4c6ccccc6c(-c6ccccc6)cc54)cc3)c3ccc(-c4ccccc4)cc3)cc21. The fourth-order valence-electron chi connectivity index (χ4n) is 10.7. The van der Waals surface area contributed by atoms with E-state index in [0.717, 1.165) is 51.3 Å². The Balaban J connectivity index is 0.926. The summed E-state index contributed by atoms with van der Waals surface area (Å²) in [5.41, 5.74) is 20.9. The van der Waals surface area contributed by atoms with Crippen molar-refractivity contribution in [1.82, 2.24) is 0 Å². The van der Waals surface area contributed by atoms with Gasteiger partial charge in [-0.15, -0.1) is 0 Å². The minimum Gasteiger partial charge on any atom is -0.455 e. The maximum Gasteiger partial charge on any atom is 0.143 e. The molecule has 0 amide bonds. The molecule has 0 N–H and O–H groups in total. The van der Waals surface area contributed by atoms with Gasteiger partial charge in [-0.25, -0.2) is 0 Å². The maximum absolute atomic E-state index is 7.04. The maximum atomic E-state index is 7.04. The molecule has 1 nitrogen and oxygen atoms in total. The van der Waals surface area contributed by atoms with Gasteiger partial charge in [0.15, 0.2) is 0 Å². The summed E-state index contributed by atoms with van der Waals surface area (Å²) in [7, 11) is 0. The predicted octanol–water partition coefficient (Wildman–Crippen LogP) is 17.5. The summed E-state index contributed by atoms with van der Waals surface area (Å²) in [6.45, 7) is 4.76. The zero-order valence-electron chi connectivity index (χ0n) is 36.8. The van der Waals surface area contributed by atoms with Crippen LogP contribution in [0.15, 0.2) is 229 Å². The van der Waals surface area contributed by atoms with Gasteiger partial charge >= 0.3 is 0 Å². The van der Waals surface area contributed by atoms with Crippen LogP contribution < -0.4 is 0 Å². The van der Waals surface area contributed by atoms with Crippen molar-refractivity contribution < 1.29 is 4.42 Å². The Kier molecular flexibility index (Phi) is 9.46. The monoisotopic (exact) mass is 832 g/mol. The Morgan fingerprint density at radius 2 is 0.892 bits per heavy atom. The highest BCUT2D eigenvalue weighted by molar-refractivity contribution is 6.21. The van der Waals surface area contributed by atoms with Crippen LogP contribution in [0.25, 0.3) is 88.3 Å². The summed E-state index contributed by atoms with van der Waals surface area (Å²) in [6, 6.07) is 82.6. The molecule has 1 aromatic heterocycles. The lowest BCUT2D eigenvalue weighted by Gasteiger charge is -2.24. The topological polar surface area (TPSA) is 13.1 Å². The number of benzene rings is 10. The van der Waals surface area contributed by atoms with Gasteiger partial charge in [0.2, 0.25) is 0 Å². The lowest BCUT2D eigenvalue weighted by atomic mass is 9.79. The second-order valence-electron chi connectivity index (χ2n) is 18.3. The first-order valence-corrected chi connectivity index (χ1v) is 23.0. The van der Waals surface area contributed by atoms with Crippen LogP contribution in [-0.2, 0) is 11.8 Å². The van der Waals surface area contributed by atoms with E-state index in [2.05, 4.69) is 238 Å². The van der Waals surface area contributed by atoms with Crippen LogP contribution >= 0.6 is 0 Å². The average Bonchev–Trinajstić information content (AvgIpc) is 3.86. The molecule has 310 valence electrons. The molecular weight excluding hydrogens is 785 g/mol. The molecule has 0 spiro atoms. The molecule has 0 bridgehead atoms. The summed E-state index contributed by atoms with van der Waals surface area (Å²) in [5.74, 6) is 0.234. The van der Waals surface area contributed by atoms with Crippen molar-refractivity contribution in [3.05, 3.63) is 252 Å². The van der Waals surface area contributed by atoms with Crippen molar-refractivity contribution in [2.24, 2.45) is 0 Å². The van der Waals surface area contributed by atoms with Crippen molar-refractivity contribution in [2.75, 3.05) is 0 Å². The van der Waals surface area contributed by atoms with E-state index in [1.165, 1.54) is 77.7 Å². The Bertz CT molecular complexity index is 3520. The first-order valence-electron chi connectivity index (χ1n) is 23.0. The molecule has 65 heavy (non-hydrogen) atoms.